The van der Waals surface area contributed by atoms with Gasteiger partial charge in [-0.1, -0.05) is 31.2 Å². The molecule has 2 rings (SSSR count). The van der Waals surface area contributed by atoms with Gasteiger partial charge in [-0.2, -0.15) is 0 Å². The van der Waals surface area contributed by atoms with Gasteiger partial charge in [0.15, 0.2) is 0 Å². The maximum Gasteiger partial charge on any atom is 0.136 e. The summed E-state index contributed by atoms with van der Waals surface area (Å²) >= 11 is -1.02. The number of nitrogens with one attached hydrogen (secondary N) is 1. The van der Waals surface area contributed by atoms with Gasteiger partial charge in [0, 0.05) is 11.4 Å². The fraction of sp³-hybridized carbons (Fsp3) is 0.625. The number of benzene rings is 1. The zero-order valence-electron chi connectivity index (χ0n) is 12.4. The van der Waals surface area contributed by atoms with Crippen LogP contribution in [-0.2, 0) is 11.4 Å². The molecule has 2 atom stereocenters. The molecule has 1 aliphatic carbocycles. The van der Waals surface area contributed by atoms with Gasteiger partial charge in [-0.15, -0.1) is 4.72 Å². The van der Waals surface area contributed by atoms with Crippen molar-refractivity contribution in [2.45, 2.75) is 63.7 Å². The van der Waals surface area contributed by atoms with Crippen molar-refractivity contribution in [3.63, 3.8) is 0 Å². The van der Waals surface area contributed by atoms with Crippen molar-refractivity contribution in [1.29, 1.82) is 0 Å². The maximum absolute atomic E-state index is 12.2. The second-order valence-corrected chi connectivity index (χ2v) is 8.40. The second kappa shape index (κ2) is 5.86. The highest BCUT2D eigenvalue weighted by atomic mass is 32.2. The molecule has 19 heavy (non-hydrogen) atoms. The van der Waals surface area contributed by atoms with E-state index in [2.05, 4.69) is 35.9 Å². The van der Waals surface area contributed by atoms with Gasteiger partial charge in [-0.05, 0) is 57.1 Å². The molecule has 1 N–H and O–H groups in total. The minimum atomic E-state index is -1.02. The zero-order chi connectivity index (χ0) is 14.0. The molecule has 0 amide bonds. The van der Waals surface area contributed by atoms with Crippen LogP contribution in [-0.4, -0.2) is 9.30 Å². The molecule has 0 aliphatic heterocycles. The predicted octanol–water partition coefficient (Wildman–Crippen LogP) is 4.07. The van der Waals surface area contributed by atoms with E-state index in [1.807, 2.05) is 20.8 Å². The van der Waals surface area contributed by atoms with Gasteiger partial charge in [0.25, 0.3) is 0 Å². The van der Waals surface area contributed by atoms with E-state index in [0.29, 0.717) is 0 Å². The minimum Gasteiger partial charge on any atom is -0.598 e. The van der Waals surface area contributed by atoms with Gasteiger partial charge >= 0.3 is 0 Å². The summed E-state index contributed by atoms with van der Waals surface area (Å²) in [5, 5.41) is 0. The van der Waals surface area contributed by atoms with E-state index in [0.717, 1.165) is 12.3 Å². The lowest BCUT2D eigenvalue weighted by Gasteiger charge is -2.27. The Morgan fingerprint density at radius 1 is 1.26 bits per heavy atom. The summed E-state index contributed by atoms with van der Waals surface area (Å²) in [7, 11) is 0. The Labute approximate surface area is 120 Å². The Hall–Kier alpha value is -0.510. The minimum absolute atomic E-state index is 0.174. The SMILES string of the molecule is CC[C@H](N[S+]([O-])C(C)(C)C)c1ccc(C2CC2)cc1. The molecule has 3 heteroatoms. The molecule has 1 aliphatic rings. The molecule has 1 aromatic carbocycles. The number of hydrogen-bond donors (Lipinski definition) is 1. The van der Waals surface area contributed by atoms with E-state index in [-0.39, 0.29) is 10.8 Å². The highest BCUT2D eigenvalue weighted by Crippen LogP contribution is 2.40. The first-order valence-electron chi connectivity index (χ1n) is 7.19. The Bertz CT molecular complexity index is 406. The van der Waals surface area contributed by atoms with E-state index < -0.39 is 11.4 Å². The van der Waals surface area contributed by atoms with Crippen LogP contribution >= 0.6 is 0 Å². The second-order valence-electron chi connectivity index (χ2n) is 6.40. The van der Waals surface area contributed by atoms with Crippen molar-refractivity contribution in [2.75, 3.05) is 0 Å². The quantitative estimate of drug-likeness (QED) is 0.825. The molecule has 1 saturated carbocycles. The van der Waals surface area contributed by atoms with Gasteiger partial charge in [-0.25, -0.2) is 0 Å². The van der Waals surface area contributed by atoms with Crippen molar-refractivity contribution >= 4 is 11.4 Å². The third-order valence-electron chi connectivity index (χ3n) is 3.60. The molecule has 1 fully saturated rings. The fourth-order valence-electron chi connectivity index (χ4n) is 2.11. The van der Waals surface area contributed by atoms with Crippen LogP contribution in [0.15, 0.2) is 24.3 Å². The maximum atomic E-state index is 12.2. The molecule has 2 nitrogen and oxygen atoms in total. The average molecular weight is 279 g/mol. The number of rotatable bonds is 5. The molecule has 1 unspecified atom stereocenters. The van der Waals surface area contributed by atoms with Crippen LogP contribution in [0.5, 0.6) is 0 Å². The van der Waals surface area contributed by atoms with E-state index in [1.54, 1.807) is 0 Å². The molecule has 0 spiro atoms. The molecule has 106 valence electrons. The Balaban J connectivity index is 2.04. The first-order valence-corrected chi connectivity index (χ1v) is 8.34. The highest BCUT2D eigenvalue weighted by Gasteiger charge is 2.29. The molecule has 0 saturated heterocycles. The van der Waals surface area contributed by atoms with Gasteiger partial charge in [0.1, 0.15) is 4.75 Å². The Morgan fingerprint density at radius 3 is 2.26 bits per heavy atom. The summed E-state index contributed by atoms with van der Waals surface area (Å²) in [6.45, 7) is 8.13. The van der Waals surface area contributed by atoms with Crippen molar-refractivity contribution in [1.82, 2.24) is 4.72 Å². The summed E-state index contributed by atoms with van der Waals surface area (Å²) in [5.74, 6) is 0.797. The van der Waals surface area contributed by atoms with Gasteiger partial charge < -0.3 is 4.55 Å². The summed E-state index contributed by atoms with van der Waals surface area (Å²) in [5.41, 5.74) is 2.69. The highest BCUT2D eigenvalue weighted by molar-refractivity contribution is 7.90. The topological polar surface area (TPSA) is 35.1 Å². The summed E-state index contributed by atoms with van der Waals surface area (Å²) < 4.78 is 15.2. The fourth-order valence-corrected chi connectivity index (χ4v) is 3.02. The lowest BCUT2D eigenvalue weighted by molar-refractivity contribution is 0.519. The van der Waals surface area contributed by atoms with E-state index in [1.165, 1.54) is 24.0 Å². The van der Waals surface area contributed by atoms with Crippen LogP contribution < -0.4 is 4.72 Å². The summed E-state index contributed by atoms with van der Waals surface area (Å²) in [4.78, 5) is 0. The van der Waals surface area contributed by atoms with E-state index >= 15 is 0 Å². The molecular formula is C16H25NOS. The van der Waals surface area contributed by atoms with Crippen molar-refractivity contribution in [3.05, 3.63) is 35.4 Å². The van der Waals surface area contributed by atoms with Crippen LogP contribution in [0.2, 0.25) is 0 Å². The Kier molecular flexibility index (Phi) is 4.59. The van der Waals surface area contributed by atoms with Crippen molar-refractivity contribution < 1.29 is 4.55 Å². The first kappa shape index (κ1) is 14.9. The van der Waals surface area contributed by atoms with Crippen LogP contribution in [0.4, 0.5) is 0 Å². The predicted molar refractivity (Wildman–Crippen MR) is 82.5 cm³/mol. The summed E-state index contributed by atoms with van der Waals surface area (Å²) in [6.07, 6.45) is 3.62. The van der Waals surface area contributed by atoms with E-state index in [9.17, 15) is 4.55 Å². The lowest BCUT2D eigenvalue weighted by Crippen LogP contribution is -2.41. The van der Waals surface area contributed by atoms with E-state index in [4.69, 9.17) is 0 Å². The monoisotopic (exact) mass is 279 g/mol. The van der Waals surface area contributed by atoms with Crippen LogP contribution in [0.25, 0.3) is 0 Å². The molecule has 0 radical (unpaired) electrons. The molecule has 0 heterocycles. The molecular weight excluding hydrogens is 254 g/mol. The normalized spacial score (nSPS) is 19.2. The zero-order valence-corrected chi connectivity index (χ0v) is 13.2. The van der Waals surface area contributed by atoms with Gasteiger partial charge in [-0.3, -0.25) is 0 Å². The first-order chi connectivity index (χ1) is 8.91. The number of hydrogen-bond acceptors (Lipinski definition) is 2. The third-order valence-corrected chi connectivity index (χ3v) is 5.21. The van der Waals surface area contributed by atoms with Gasteiger partial charge in [0.05, 0.1) is 6.04 Å². The summed E-state index contributed by atoms with van der Waals surface area (Å²) in [6, 6.07) is 9.02. The van der Waals surface area contributed by atoms with Crippen LogP contribution in [0.1, 0.15) is 70.0 Å². The van der Waals surface area contributed by atoms with Gasteiger partial charge in [0.2, 0.25) is 0 Å². The van der Waals surface area contributed by atoms with Crippen molar-refractivity contribution in [2.24, 2.45) is 0 Å². The lowest BCUT2D eigenvalue weighted by atomic mass is 10.0. The Morgan fingerprint density at radius 2 is 1.84 bits per heavy atom. The molecule has 1 aromatic rings. The molecule has 0 bridgehead atoms. The molecule has 0 aromatic heterocycles. The largest absolute Gasteiger partial charge is 0.598 e. The van der Waals surface area contributed by atoms with Crippen LogP contribution in [0.3, 0.4) is 0 Å². The standard InChI is InChI=1S/C16H25NOS/c1-5-15(17-19(18)16(2,3)4)14-10-8-13(9-11-14)12-6-7-12/h8-12,15,17H,5-7H2,1-4H3/t15-,19?/m0/s1. The smallest absolute Gasteiger partial charge is 0.136 e. The van der Waals surface area contributed by atoms with Crippen molar-refractivity contribution in [3.8, 4) is 0 Å². The van der Waals surface area contributed by atoms with Crippen LogP contribution in [0, 0.1) is 0 Å². The third kappa shape index (κ3) is 3.98. The average Bonchev–Trinajstić information content (AvgIpc) is 3.19.